The first kappa shape index (κ1) is 16.6. The van der Waals surface area contributed by atoms with Gasteiger partial charge < -0.3 is 9.88 Å². The van der Waals surface area contributed by atoms with Gasteiger partial charge in [-0.1, -0.05) is 36.4 Å². The van der Waals surface area contributed by atoms with Crippen molar-refractivity contribution in [3.63, 3.8) is 0 Å². The minimum atomic E-state index is -0.795. The van der Waals surface area contributed by atoms with Gasteiger partial charge in [0.05, 0.1) is 5.69 Å². The van der Waals surface area contributed by atoms with E-state index < -0.39 is 17.5 Å². The minimum Gasteiger partial charge on any atom is -0.340 e. The molecule has 1 aromatic heterocycles. The number of amides is 1. The summed E-state index contributed by atoms with van der Waals surface area (Å²) in [6.07, 6.45) is 1.75. The molecule has 4 nitrogen and oxygen atoms in total. The smallest absolute Gasteiger partial charge is 0.298 e. The fraction of sp³-hybridized carbons (Fsp3) is 0.100. The van der Waals surface area contributed by atoms with Crippen molar-refractivity contribution in [3.05, 3.63) is 89.5 Å². The number of benzene rings is 2. The number of carbonyl (C=O) groups is 2. The van der Waals surface area contributed by atoms with Crippen LogP contribution in [0, 0.1) is 12.7 Å². The van der Waals surface area contributed by atoms with Crippen molar-refractivity contribution in [2.75, 3.05) is 5.32 Å². The third-order valence-corrected chi connectivity index (χ3v) is 3.89. The number of hydrogen-bond acceptors (Lipinski definition) is 2. The summed E-state index contributed by atoms with van der Waals surface area (Å²) in [7, 11) is 0. The van der Waals surface area contributed by atoms with Gasteiger partial charge in [-0.2, -0.15) is 0 Å². The lowest BCUT2D eigenvalue weighted by Crippen LogP contribution is -2.25. The Morgan fingerprint density at radius 1 is 1.04 bits per heavy atom. The maximum Gasteiger partial charge on any atom is 0.298 e. The van der Waals surface area contributed by atoms with E-state index in [1.165, 1.54) is 6.07 Å². The van der Waals surface area contributed by atoms with Crippen molar-refractivity contribution in [1.29, 1.82) is 0 Å². The van der Waals surface area contributed by atoms with Gasteiger partial charge in [-0.05, 0) is 42.3 Å². The topological polar surface area (TPSA) is 51.1 Å². The molecular weight excluding hydrogens is 319 g/mol. The number of ketones is 1. The second kappa shape index (κ2) is 7.13. The number of aromatic nitrogens is 1. The highest BCUT2D eigenvalue weighted by Crippen LogP contribution is 2.15. The number of rotatable bonds is 5. The first-order valence-corrected chi connectivity index (χ1v) is 7.85. The summed E-state index contributed by atoms with van der Waals surface area (Å²) in [4.78, 5) is 24.7. The molecule has 0 spiro atoms. The fourth-order valence-corrected chi connectivity index (χ4v) is 2.51. The SMILES string of the molecule is Cc1ccc(NC(=O)C(=O)c2cccn2Cc2ccccc2)cc1F. The van der Waals surface area contributed by atoms with Gasteiger partial charge >= 0.3 is 0 Å². The highest BCUT2D eigenvalue weighted by atomic mass is 19.1. The van der Waals surface area contributed by atoms with E-state index in [4.69, 9.17) is 0 Å². The summed E-state index contributed by atoms with van der Waals surface area (Å²) in [5, 5.41) is 2.45. The van der Waals surface area contributed by atoms with E-state index >= 15 is 0 Å². The van der Waals surface area contributed by atoms with E-state index in [0.717, 1.165) is 5.56 Å². The molecule has 0 radical (unpaired) electrons. The largest absolute Gasteiger partial charge is 0.340 e. The lowest BCUT2D eigenvalue weighted by atomic mass is 10.2. The highest BCUT2D eigenvalue weighted by molar-refractivity contribution is 6.46. The molecule has 5 heteroatoms. The van der Waals surface area contributed by atoms with Gasteiger partial charge in [-0.25, -0.2) is 4.39 Å². The van der Waals surface area contributed by atoms with Crippen molar-refractivity contribution >= 4 is 17.4 Å². The molecule has 0 aliphatic rings. The molecule has 0 fully saturated rings. The van der Waals surface area contributed by atoms with Gasteiger partial charge in [-0.3, -0.25) is 9.59 Å². The maximum atomic E-state index is 13.6. The van der Waals surface area contributed by atoms with E-state index in [0.29, 0.717) is 12.1 Å². The van der Waals surface area contributed by atoms with E-state index in [9.17, 15) is 14.0 Å². The molecule has 1 heterocycles. The minimum absolute atomic E-state index is 0.252. The van der Waals surface area contributed by atoms with Crippen LogP contribution in [0.3, 0.4) is 0 Å². The van der Waals surface area contributed by atoms with Gasteiger partial charge in [0.25, 0.3) is 11.7 Å². The summed E-state index contributed by atoms with van der Waals surface area (Å²) in [5.41, 5.74) is 2.03. The van der Waals surface area contributed by atoms with Crippen molar-refractivity contribution in [2.45, 2.75) is 13.5 Å². The Balaban J connectivity index is 1.75. The molecule has 0 bridgehead atoms. The highest BCUT2D eigenvalue weighted by Gasteiger charge is 2.20. The first-order valence-electron chi connectivity index (χ1n) is 7.85. The van der Waals surface area contributed by atoms with Crippen LogP contribution in [0.25, 0.3) is 0 Å². The number of nitrogens with one attached hydrogen (secondary N) is 1. The monoisotopic (exact) mass is 336 g/mol. The Bertz CT molecular complexity index is 916. The quantitative estimate of drug-likeness (QED) is 0.569. The molecule has 3 aromatic rings. The normalized spacial score (nSPS) is 10.5. The molecule has 0 saturated heterocycles. The molecule has 1 N–H and O–H groups in total. The predicted octanol–water partition coefficient (Wildman–Crippen LogP) is 3.81. The zero-order chi connectivity index (χ0) is 17.8. The Kier molecular flexibility index (Phi) is 4.75. The zero-order valence-corrected chi connectivity index (χ0v) is 13.7. The van der Waals surface area contributed by atoms with Crippen molar-refractivity contribution < 1.29 is 14.0 Å². The van der Waals surface area contributed by atoms with Gasteiger partial charge in [0.2, 0.25) is 0 Å². The number of hydrogen-bond donors (Lipinski definition) is 1. The van der Waals surface area contributed by atoms with Crippen LogP contribution in [0.15, 0.2) is 66.9 Å². The van der Waals surface area contributed by atoms with Gasteiger partial charge in [-0.15, -0.1) is 0 Å². The number of halogens is 1. The molecule has 0 unspecified atom stereocenters. The van der Waals surface area contributed by atoms with Gasteiger partial charge in [0.15, 0.2) is 0 Å². The first-order chi connectivity index (χ1) is 12.0. The molecule has 0 saturated carbocycles. The van der Waals surface area contributed by atoms with E-state index in [1.54, 1.807) is 42.0 Å². The van der Waals surface area contributed by atoms with Crippen molar-refractivity contribution in [3.8, 4) is 0 Å². The van der Waals surface area contributed by atoms with E-state index in [-0.39, 0.29) is 11.4 Å². The maximum absolute atomic E-state index is 13.6. The average molecular weight is 336 g/mol. The van der Waals surface area contributed by atoms with Crippen LogP contribution in [0.4, 0.5) is 10.1 Å². The number of aryl methyl sites for hydroxylation is 1. The Morgan fingerprint density at radius 2 is 1.80 bits per heavy atom. The van der Waals surface area contributed by atoms with E-state index in [1.807, 2.05) is 30.3 Å². The number of nitrogens with zero attached hydrogens (tertiary/aromatic N) is 1. The lowest BCUT2D eigenvalue weighted by Gasteiger charge is -2.09. The molecule has 25 heavy (non-hydrogen) atoms. The summed E-state index contributed by atoms with van der Waals surface area (Å²) in [6, 6.07) is 17.3. The number of Topliss-reactive ketones (excluding diaryl/α,β-unsaturated/α-hetero) is 1. The number of carbonyl (C=O) groups excluding carboxylic acids is 2. The van der Waals surface area contributed by atoms with Crippen molar-refractivity contribution in [1.82, 2.24) is 4.57 Å². The van der Waals surface area contributed by atoms with Crippen LogP contribution in [0.1, 0.15) is 21.6 Å². The third kappa shape index (κ3) is 3.83. The molecule has 0 atom stereocenters. The van der Waals surface area contributed by atoms with Gasteiger partial charge in [0, 0.05) is 18.4 Å². The van der Waals surface area contributed by atoms with Crippen molar-refractivity contribution in [2.24, 2.45) is 0 Å². The third-order valence-electron chi connectivity index (χ3n) is 3.89. The van der Waals surface area contributed by atoms with Crippen LogP contribution in [0.2, 0.25) is 0 Å². The zero-order valence-electron chi connectivity index (χ0n) is 13.7. The van der Waals surface area contributed by atoms with Crippen LogP contribution in [0.5, 0.6) is 0 Å². The van der Waals surface area contributed by atoms with Gasteiger partial charge in [0.1, 0.15) is 5.82 Å². The molecule has 3 rings (SSSR count). The standard InChI is InChI=1S/C20H17FN2O2/c1-14-9-10-16(12-17(14)21)22-20(25)19(24)18-8-5-11-23(18)13-15-6-3-2-4-7-15/h2-12H,13H2,1H3,(H,22,25). The second-order valence-electron chi connectivity index (χ2n) is 5.75. The molecule has 0 aliphatic heterocycles. The molecule has 2 aromatic carbocycles. The predicted molar refractivity (Wildman–Crippen MR) is 94.1 cm³/mol. The number of anilines is 1. The molecule has 0 aliphatic carbocycles. The summed E-state index contributed by atoms with van der Waals surface area (Å²) >= 11 is 0. The average Bonchev–Trinajstić information content (AvgIpc) is 3.06. The Hall–Kier alpha value is -3.21. The molecular formula is C20H17FN2O2. The van der Waals surface area contributed by atoms with Crippen LogP contribution in [-0.2, 0) is 11.3 Å². The summed E-state index contributed by atoms with van der Waals surface area (Å²) < 4.78 is 15.3. The Morgan fingerprint density at radius 3 is 2.52 bits per heavy atom. The second-order valence-corrected chi connectivity index (χ2v) is 5.75. The summed E-state index contributed by atoms with van der Waals surface area (Å²) in [6.45, 7) is 2.11. The summed E-state index contributed by atoms with van der Waals surface area (Å²) in [5.74, 6) is -1.89. The molecule has 126 valence electrons. The van der Waals surface area contributed by atoms with Crippen LogP contribution >= 0.6 is 0 Å². The Labute approximate surface area is 144 Å². The fourth-order valence-electron chi connectivity index (χ4n) is 2.51. The van der Waals surface area contributed by atoms with E-state index in [2.05, 4.69) is 5.32 Å². The molecule has 1 amide bonds. The lowest BCUT2D eigenvalue weighted by molar-refractivity contribution is -0.112. The van der Waals surface area contributed by atoms with Crippen LogP contribution in [-0.4, -0.2) is 16.3 Å². The van der Waals surface area contributed by atoms with Crippen LogP contribution < -0.4 is 5.32 Å².